The normalized spacial score (nSPS) is 11.0. The highest BCUT2D eigenvalue weighted by Gasteiger charge is 2.10. The van der Waals surface area contributed by atoms with E-state index in [0.717, 1.165) is 22.5 Å². The summed E-state index contributed by atoms with van der Waals surface area (Å²) in [7, 11) is 0. The van der Waals surface area contributed by atoms with Gasteiger partial charge in [-0.2, -0.15) is 10.2 Å². The molecular formula is C22H18ClN5. The highest BCUT2D eigenvalue weighted by atomic mass is 35.5. The van der Waals surface area contributed by atoms with Crippen LogP contribution >= 0.6 is 11.6 Å². The summed E-state index contributed by atoms with van der Waals surface area (Å²) in [4.78, 5) is 4.21. The summed E-state index contributed by atoms with van der Waals surface area (Å²) in [5.74, 6) is 0. The van der Waals surface area contributed by atoms with Gasteiger partial charge in [-0.3, -0.25) is 15.1 Å². The fourth-order valence-corrected chi connectivity index (χ4v) is 3.01. The Morgan fingerprint density at radius 2 is 1.82 bits per heavy atom. The topological polar surface area (TPSA) is 55.1 Å². The zero-order valence-electron chi connectivity index (χ0n) is 15.0. The predicted molar refractivity (Wildman–Crippen MR) is 114 cm³/mol. The molecule has 5 nitrogen and oxygen atoms in total. The second-order valence-corrected chi connectivity index (χ2v) is 6.61. The first kappa shape index (κ1) is 17.9. The Balaban J connectivity index is 1.62. The third-order valence-corrected chi connectivity index (χ3v) is 4.50. The van der Waals surface area contributed by atoms with Crippen LogP contribution in [0.3, 0.4) is 0 Å². The van der Waals surface area contributed by atoms with Gasteiger partial charge in [-0.15, -0.1) is 0 Å². The summed E-state index contributed by atoms with van der Waals surface area (Å²) in [6.07, 6.45) is 7.28. The van der Waals surface area contributed by atoms with Gasteiger partial charge in [-0.25, -0.2) is 0 Å². The number of nitrogens with zero attached hydrogens (tertiary/aromatic N) is 4. The van der Waals surface area contributed by atoms with Crippen molar-refractivity contribution < 1.29 is 0 Å². The van der Waals surface area contributed by atoms with Crippen LogP contribution in [-0.2, 0) is 6.54 Å². The first-order valence-corrected chi connectivity index (χ1v) is 9.23. The van der Waals surface area contributed by atoms with E-state index in [-0.39, 0.29) is 0 Å². The van der Waals surface area contributed by atoms with Crippen molar-refractivity contribution in [3.05, 3.63) is 101 Å². The lowest BCUT2D eigenvalue weighted by Gasteiger charge is -2.02. The fraction of sp³-hybridized carbons (Fsp3) is 0.0455. The third kappa shape index (κ3) is 4.27. The summed E-state index contributed by atoms with van der Waals surface area (Å²) in [6.45, 7) is 0.680. The molecular weight excluding hydrogens is 370 g/mol. The van der Waals surface area contributed by atoms with Crippen molar-refractivity contribution in [3.63, 3.8) is 0 Å². The van der Waals surface area contributed by atoms with Crippen molar-refractivity contribution in [1.82, 2.24) is 14.8 Å². The Morgan fingerprint density at radius 3 is 2.61 bits per heavy atom. The molecule has 0 unspecified atom stereocenters. The molecule has 2 aromatic heterocycles. The molecule has 2 aromatic carbocycles. The maximum Gasteiger partial charge on any atom is 0.103 e. The van der Waals surface area contributed by atoms with Crippen molar-refractivity contribution >= 4 is 23.5 Å². The minimum Gasteiger partial charge on any atom is -0.277 e. The largest absolute Gasteiger partial charge is 0.277 e. The molecule has 0 amide bonds. The van der Waals surface area contributed by atoms with Crippen LogP contribution in [0.5, 0.6) is 0 Å². The highest BCUT2D eigenvalue weighted by molar-refractivity contribution is 6.33. The lowest BCUT2D eigenvalue weighted by molar-refractivity contribution is 0.689. The standard InChI is InChI=1S/C22H18ClN5/c23-20-10-4-5-11-21(20)26-25-14-19-16-28(15-17-7-2-1-3-8-17)27-22(19)18-9-6-12-24-13-18/h1-14,16,26H,15H2/b25-14-. The summed E-state index contributed by atoms with van der Waals surface area (Å²) in [6, 6.07) is 21.6. The lowest BCUT2D eigenvalue weighted by Crippen LogP contribution is -2.00. The highest BCUT2D eigenvalue weighted by Crippen LogP contribution is 2.22. The van der Waals surface area contributed by atoms with Gasteiger partial charge in [0.15, 0.2) is 0 Å². The maximum absolute atomic E-state index is 6.17. The van der Waals surface area contributed by atoms with Crippen molar-refractivity contribution in [1.29, 1.82) is 0 Å². The van der Waals surface area contributed by atoms with Crippen molar-refractivity contribution in [2.75, 3.05) is 5.43 Å². The Bertz CT molecular complexity index is 1070. The van der Waals surface area contributed by atoms with Gasteiger partial charge in [0.05, 0.1) is 23.5 Å². The quantitative estimate of drug-likeness (QED) is 0.370. The van der Waals surface area contributed by atoms with Gasteiger partial charge >= 0.3 is 0 Å². The summed E-state index contributed by atoms with van der Waals surface area (Å²) >= 11 is 6.17. The smallest absolute Gasteiger partial charge is 0.103 e. The number of aromatic nitrogens is 3. The molecule has 4 aromatic rings. The second kappa shape index (κ2) is 8.50. The van der Waals surface area contributed by atoms with Gasteiger partial charge in [0.2, 0.25) is 0 Å². The zero-order chi connectivity index (χ0) is 19.2. The van der Waals surface area contributed by atoms with Crippen molar-refractivity contribution in [2.45, 2.75) is 6.54 Å². The molecule has 0 saturated carbocycles. The number of rotatable bonds is 6. The number of nitrogens with one attached hydrogen (secondary N) is 1. The number of hydrazone groups is 1. The van der Waals surface area contributed by atoms with E-state index in [2.05, 4.69) is 27.6 Å². The van der Waals surface area contributed by atoms with Gasteiger partial charge in [-0.1, -0.05) is 54.1 Å². The molecule has 138 valence electrons. The van der Waals surface area contributed by atoms with Crippen molar-refractivity contribution in [2.24, 2.45) is 5.10 Å². The SMILES string of the molecule is Clc1ccccc1N/N=C\c1cn(Cc2ccccc2)nc1-c1cccnc1. The zero-order valence-corrected chi connectivity index (χ0v) is 15.8. The minimum atomic E-state index is 0.618. The van der Waals surface area contributed by atoms with Crippen LogP contribution in [0.25, 0.3) is 11.3 Å². The van der Waals surface area contributed by atoms with E-state index < -0.39 is 0 Å². The van der Waals surface area contributed by atoms with E-state index in [1.807, 2.05) is 65.5 Å². The number of hydrogen-bond donors (Lipinski definition) is 1. The average molecular weight is 388 g/mol. The molecule has 28 heavy (non-hydrogen) atoms. The third-order valence-electron chi connectivity index (χ3n) is 4.17. The molecule has 0 atom stereocenters. The van der Waals surface area contributed by atoms with Crippen molar-refractivity contribution in [3.8, 4) is 11.3 Å². The summed E-state index contributed by atoms with van der Waals surface area (Å²) < 4.78 is 1.91. The molecule has 0 aliphatic heterocycles. The van der Waals surface area contributed by atoms with Crippen LogP contribution in [0.1, 0.15) is 11.1 Å². The first-order chi connectivity index (χ1) is 13.8. The van der Waals surface area contributed by atoms with E-state index in [9.17, 15) is 0 Å². The number of hydrogen-bond acceptors (Lipinski definition) is 4. The van der Waals surface area contributed by atoms with Gasteiger partial charge in [0.25, 0.3) is 0 Å². The van der Waals surface area contributed by atoms with Crippen LogP contribution in [0, 0.1) is 0 Å². The molecule has 6 heteroatoms. The van der Waals surface area contributed by atoms with E-state index >= 15 is 0 Å². The molecule has 0 spiro atoms. The molecule has 0 bridgehead atoms. The molecule has 4 rings (SSSR count). The second-order valence-electron chi connectivity index (χ2n) is 6.21. The van der Waals surface area contributed by atoms with E-state index in [4.69, 9.17) is 16.7 Å². The minimum absolute atomic E-state index is 0.618. The molecule has 0 saturated heterocycles. The molecule has 0 aliphatic rings. The van der Waals surface area contributed by atoms with Crippen LogP contribution in [0.2, 0.25) is 5.02 Å². The van der Waals surface area contributed by atoms with Gasteiger partial charge in [0, 0.05) is 29.7 Å². The maximum atomic E-state index is 6.17. The van der Waals surface area contributed by atoms with Crippen LogP contribution in [-0.4, -0.2) is 21.0 Å². The Morgan fingerprint density at radius 1 is 1.00 bits per heavy atom. The van der Waals surface area contributed by atoms with Gasteiger partial charge < -0.3 is 0 Å². The fourth-order valence-electron chi connectivity index (χ4n) is 2.83. The van der Waals surface area contributed by atoms with Crippen LogP contribution < -0.4 is 5.43 Å². The summed E-state index contributed by atoms with van der Waals surface area (Å²) in [5, 5.41) is 9.71. The van der Waals surface area contributed by atoms with Crippen LogP contribution in [0.15, 0.2) is 90.4 Å². The predicted octanol–water partition coefficient (Wildman–Crippen LogP) is 5.09. The molecule has 0 fully saturated rings. The summed E-state index contributed by atoms with van der Waals surface area (Å²) in [5.41, 5.74) is 7.57. The number of halogens is 1. The molecule has 2 heterocycles. The average Bonchev–Trinajstić information content (AvgIpc) is 3.13. The number of pyridine rings is 1. The van der Waals surface area contributed by atoms with E-state index in [0.29, 0.717) is 11.6 Å². The van der Waals surface area contributed by atoms with Gasteiger partial charge in [-0.05, 0) is 29.8 Å². The Hall–Kier alpha value is -3.44. The monoisotopic (exact) mass is 387 g/mol. The molecule has 0 radical (unpaired) electrons. The van der Waals surface area contributed by atoms with Crippen LogP contribution in [0.4, 0.5) is 5.69 Å². The van der Waals surface area contributed by atoms with E-state index in [1.165, 1.54) is 5.56 Å². The number of para-hydroxylation sites is 1. The lowest BCUT2D eigenvalue weighted by atomic mass is 10.1. The Kier molecular flexibility index (Phi) is 5.45. The number of benzene rings is 2. The first-order valence-electron chi connectivity index (χ1n) is 8.85. The van der Waals surface area contributed by atoms with E-state index in [1.54, 1.807) is 18.6 Å². The Labute approximate surface area is 168 Å². The van der Waals surface area contributed by atoms with Gasteiger partial charge in [0.1, 0.15) is 5.69 Å². The number of anilines is 1. The molecule has 0 aliphatic carbocycles. The molecule has 1 N–H and O–H groups in total.